The molecule has 2 unspecified atom stereocenters. The van der Waals surface area contributed by atoms with Gasteiger partial charge in [0.25, 0.3) is 0 Å². The summed E-state index contributed by atoms with van der Waals surface area (Å²) in [5.74, 6) is 0.251. The third-order valence-electron chi connectivity index (χ3n) is 6.18. The number of thiophene rings is 1. The topological polar surface area (TPSA) is 43.9 Å². The molecule has 0 aliphatic carbocycles. The minimum atomic E-state index is 0.0722. The number of piperazine rings is 1. The van der Waals surface area contributed by atoms with Crippen LogP contribution in [0.15, 0.2) is 35.7 Å². The number of carbonyl (C=O) groups is 2. The third-order valence-corrected chi connectivity index (χ3v) is 7.18. The Morgan fingerprint density at radius 1 is 1.10 bits per heavy atom. The number of hydrogen-bond acceptors (Lipinski definition) is 4. The van der Waals surface area contributed by atoms with Crippen LogP contribution >= 0.6 is 11.3 Å². The number of benzene rings is 1. The Kier molecular flexibility index (Phi) is 5.74. The molecule has 3 heterocycles. The van der Waals surface area contributed by atoms with Gasteiger partial charge in [-0.3, -0.25) is 14.5 Å². The molecule has 2 atom stereocenters. The highest BCUT2D eigenvalue weighted by molar-refractivity contribution is 7.10. The summed E-state index contributed by atoms with van der Waals surface area (Å²) in [6.45, 7) is 8.89. The standard InChI is InChI=1S/C23H29N3O2S/c1-16-4-6-19(7-5-16)23-20-9-13-29-21(20)8-10-25(23)15-22(28)24-11-12-26(18(3)27)17(2)14-24/h4-7,9,13,17,23H,8,10-12,14-15H2,1-3H3. The number of fused-ring (bicyclic) bond motifs is 1. The van der Waals surface area contributed by atoms with Crippen molar-refractivity contribution in [2.75, 3.05) is 32.7 Å². The van der Waals surface area contributed by atoms with Crippen LogP contribution in [-0.4, -0.2) is 65.3 Å². The van der Waals surface area contributed by atoms with Gasteiger partial charge < -0.3 is 9.80 Å². The van der Waals surface area contributed by atoms with Gasteiger partial charge in [-0.25, -0.2) is 0 Å². The monoisotopic (exact) mass is 411 g/mol. The molecule has 6 heteroatoms. The van der Waals surface area contributed by atoms with Crippen LogP contribution in [0.25, 0.3) is 0 Å². The maximum atomic E-state index is 13.2. The van der Waals surface area contributed by atoms with E-state index in [1.807, 2.05) is 28.1 Å². The van der Waals surface area contributed by atoms with Gasteiger partial charge in [0.05, 0.1) is 12.6 Å². The Labute approximate surface area is 176 Å². The summed E-state index contributed by atoms with van der Waals surface area (Å²) >= 11 is 1.82. The predicted molar refractivity (Wildman–Crippen MR) is 116 cm³/mol. The minimum absolute atomic E-state index is 0.0722. The average Bonchev–Trinajstić information content (AvgIpc) is 3.17. The summed E-state index contributed by atoms with van der Waals surface area (Å²) in [7, 11) is 0. The van der Waals surface area contributed by atoms with E-state index in [1.165, 1.54) is 21.6 Å². The van der Waals surface area contributed by atoms with Crippen LogP contribution in [0.4, 0.5) is 0 Å². The first-order valence-electron chi connectivity index (χ1n) is 10.4. The Bertz CT molecular complexity index is 892. The summed E-state index contributed by atoms with van der Waals surface area (Å²) in [6, 6.07) is 11.1. The Morgan fingerprint density at radius 2 is 1.86 bits per heavy atom. The van der Waals surface area contributed by atoms with Crippen molar-refractivity contribution >= 4 is 23.2 Å². The number of hydrogen-bond donors (Lipinski definition) is 0. The van der Waals surface area contributed by atoms with Crippen molar-refractivity contribution in [2.24, 2.45) is 0 Å². The molecule has 2 amide bonds. The smallest absolute Gasteiger partial charge is 0.236 e. The zero-order valence-electron chi connectivity index (χ0n) is 17.4. The van der Waals surface area contributed by atoms with E-state index in [2.05, 4.69) is 47.5 Å². The van der Waals surface area contributed by atoms with Crippen molar-refractivity contribution in [2.45, 2.75) is 39.3 Å². The molecule has 1 saturated heterocycles. The van der Waals surface area contributed by atoms with Gasteiger partial charge in [0.1, 0.15) is 0 Å². The number of nitrogens with zero attached hydrogens (tertiary/aromatic N) is 3. The molecule has 1 aromatic heterocycles. The molecule has 5 nitrogen and oxygen atoms in total. The molecule has 0 radical (unpaired) electrons. The highest BCUT2D eigenvalue weighted by Crippen LogP contribution is 2.37. The van der Waals surface area contributed by atoms with Gasteiger partial charge >= 0.3 is 0 Å². The zero-order chi connectivity index (χ0) is 20.5. The van der Waals surface area contributed by atoms with Crippen LogP contribution in [0.5, 0.6) is 0 Å². The Balaban J connectivity index is 1.52. The van der Waals surface area contributed by atoms with Crippen molar-refractivity contribution in [1.82, 2.24) is 14.7 Å². The van der Waals surface area contributed by atoms with Gasteiger partial charge in [0, 0.05) is 44.0 Å². The van der Waals surface area contributed by atoms with Crippen molar-refractivity contribution in [1.29, 1.82) is 0 Å². The number of carbonyl (C=O) groups excluding carboxylic acids is 2. The molecule has 1 aromatic carbocycles. The Morgan fingerprint density at radius 3 is 2.55 bits per heavy atom. The van der Waals surface area contributed by atoms with Gasteiger partial charge in [0.15, 0.2) is 0 Å². The van der Waals surface area contributed by atoms with Crippen LogP contribution in [0.2, 0.25) is 0 Å². The molecular weight excluding hydrogens is 382 g/mol. The molecule has 0 N–H and O–H groups in total. The second kappa shape index (κ2) is 8.28. The highest BCUT2D eigenvalue weighted by Gasteiger charge is 2.33. The second-order valence-electron chi connectivity index (χ2n) is 8.23. The van der Waals surface area contributed by atoms with E-state index in [0.29, 0.717) is 26.2 Å². The van der Waals surface area contributed by atoms with Gasteiger partial charge in [-0.1, -0.05) is 29.8 Å². The fourth-order valence-electron chi connectivity index (χ4n) is 4.60. The SMILES string of the molecule is CC(=O)N1CCN(C(=O)CN2CCc3sccc3C2c2ccc(C)cc2)CC1C. The van der Waals surface area contributed by atoms with E-state index >= 15 is 0 Å². The van der Waals surface area contributed by atoms with E-state index in [-0.39, 0.29) is 23.9 Å². The van der Waals surface area contributed by atoms with Crippen LogP contribution in [0.1, 0.15) is 41.5 Å². The van der Waals surface area contributed by atoms with Crippen molar-refractivity contribution in [3.05, 3.63) is 57.3 Å². The summed E-state index contributed by atoms with van der Waals surface area (Å²) in [6.07, 6.45) is 0.997. The molecule has 29 heavy (non-hydrogen) atoms. The predicted octanol–water partition coefficient (Wildman–Crippen LogP) is 3.08. The van der Waals surface area contributed by atoms with Crippen LogP contribution in [-0.2, 0) is 16.0 Å². The lowest BCUT2D eigenvalue weighted by molar-refractivity contribution is -0.142. The molecule has 2 aliphatic rings. The van der Waals surface area contributed by atoms with E-state index in [1.54, 1.807) is 6.92 Å². The molecule has 2 aromatic rings. The first kappa shape index (κ1) is 20.1. The molecule has 0 bridgehead atoms. The molecule has 0 spiro atoms. The van der Waals surface area contributed by atoms with Gasteiger partial charge in [-0.15, -0.1) is 11.3 Å². The zero-order valence-corrected chi connectivity index (χ0v) is 18.2. The van der Waals surface area contributed by atoms with Crippen molar-refractivity contribution < 1.29 is 9.59 Å². The fraction of sp³-hybridized carbons (Fsp3) is 0.478. The summed E-state index contributed by atoms with van der Waals surface area (Å²) < 4.78 is 0. The third kappa shape index (κ3) is 4.09. The quantitative estimate of drug-likeness (QED) is 0.780. The van der Waals surface area contributed by atoms with E-state index in [4.69, 9.17) is 0 Å². The maximum absolute atomic E-state index is 13.2. The normalized spacial score (nSPS) is 22.4. The molecule has 2 aliphatic heterocycles. The first-order chi connectivity index (χ1) is 13.9. The fourth-order valence-corrected chi connectivity index (χ4v) is 5.51. The molecule has 4 rings (SSSR count). The van der Waals surface area contributed by atoms with Gasteiger partial charge in [0.2, 0.25) is 11.8 Å². The minimum Gasteiger partial charge on any atom is -0.338 e. The van der Waals surface area contributed by atoms with Crippen LogP contribution in [0, 0.1) is 6.92 Å². The molecular formula is C23H29N3O2S. The maximum Gasteiger partial charge on any atom is 0.236 e. The van der Waals surface area contributed by atoms with Crippen LogP contribution < -0.4 is 0 Å². The number of rotatable bonds is 3. The largest absolute Gasteiger partial charge is 0.338 e. The van der Waals surface area contributed by atoms with E-state index < -0.39 is 0 Å². The lowest BCUT2D eigenvalue weighted by atomic mass is 9.92. The number of amides is 2. The van der Waals surface area contributed by atoms with Crippen LogP contribution in [0.3, 0.4) is 0 Å². The molecule has 1 fully saturated rings. The number of aryl methyl sites for hydroxylation is 1. The lowest BCUT2D eigenvalue weighted by Gasteiger charge is -2.41. The average molecular weight is 412 g/mol. The summed E-state index contributed by atoms with van der Waals surface area (Å²) in [5, 5.41) is 2.17. The molecule has 0 saturated carbocycles. The second-order valence-corrected chi connectivity index (χ2v) is 9.23. The van der Waals surface area contributed by atoms with Crippen molar-refractivity contribution in [3.63, 3.8) is 0 Å². The van der Waals surface area contributed by atoms with Gasteiger partial charge in [-0.05, 0) is 42.8 Å². The Hall–Kier alpha value is -2.18. The summed E-state index contributed by atoms with van der Waals surface area (Å²) in [4.78, 5) is 32.4. The van der Waals surface area contributed by atoms with Gasteiger partial charge in [-0.2, -0.15) is 0 Å². The van der Waals surface area contributed by atoms with Crippen molar-refractivity contribution in [3.8, 4) is 0 Å². The highest BCUT2D eigenvalue weighted by atomic mass is 32.1. The lowest BCUT2D eigenvalue weighted by Crippen LogP contribution is -2.56. The van der Waals surface area contributed by atoms with E-state index in [0.717, 1.165) is 13.0 Å². The van der Waals surface area contributed by atoms with E-state index in [9.17, 15) is 9.59 Å². The first-order valence-corrected chi connectivity index (χ1v) is 11.2. The molecule has 154 valence electrons. The summed E-state index contributed by atoms with van der Waals surface area (Å²) in [5.41, 5.74) is 3.83.